The molecule has 1 aliphatic carbocycles. The van der Waals surface area contributed by atoms with Crippen LogP contribution < -0.4 is 5.32 Å². The molecule has 3 fully saturated rings. The Bertz CT molecular complexity index is 347. The summed E-state index contributed by atoms with van der Waals surface area (Å²) in [5.41, 5.74) is 0. The van der Waals surface area contributed by atoms with E-state index < -0.39 is 0 Å². The van der Waals surface area contributed by atoms with Gasteiger partial charge >= 0.3 is 0 Å². The summed E-state index contributed by atoms with van der Waals surface area (Å²) in [6, 6.07) is 0.814. The summed E-state index contributed by atoms with van der Waals surface area (Å²) in [4.78, 5) is 26.0. The highest BCUT2D eigenvalue weighted by atomic mass is 16.2. The molecule has 4 nitrogen and oxygen atoms in total. The molecule has 2 bridgehead atoms. The Labute approximate surface area is 108 Å². The first-order chi connectivity index (χ1) is 8.65. The number of nitrogens with one attached hydrogen (secondary N) is 1. The molecule has 4 atom stereocenters. The minimum atomic E-state index is 0.0915. The Morgan fingerprint density at radius 3 is 2.39 bits per heavy atom. The average molecular weight is 250 g/mol. The van der Waals surface area contributed by atoms with Gasteiger partial charge in [0.2, 0.25) is 11.8 Å². The van der Waals surface area contributed by atoms with Crippen molar-refractivity contribution >= 4 is 11.8 Å². The van der Waals surface area contributed by atoms with Crippen molar-refractivity contribution in [3.63, 3.8) is 0 Å². The molecule has 0 spiro atoms. The van der Waals surface area contributed by atoms with Crippen LogP contribution in [0.3, 0.4) is 0 Å². The molecule has 2 amide bonds. The highest BCUT2D eigenvalue weighted by molar-refractivity contribution is 6.00. The number of nitrogens with zero attached hydrogens (tertiary/aromatic N) is 1. The number of likely N-dealkylation sites (tertiary alicyclic amines) is 1. The van der Waals surface area contributed by atoms with E-state index in [4.69, 9.17) is 0 Å². The predicted molar refractivity (Wildman–Crippen MR) is 67.8 cm³/mol. The Balaban J connectivity index is 1.68. The Kier molecular flexibility index (Phi) is 3.14. The summed E-state index contributed by atoms with van der Waals surface area (Å²) < 4.78 is 0. The zero-order chi connectivity index (χ0) is 12.7. The maximum absolute atomic E-state index is 12.2. The molecule has 3 rings (SSSR count). The third kappa shape index (κ3) is 2.07. The van der Waals surface area contributed by atoms with Gasteiger partial charge in [-0.05, 0) is 39.0 Å². The van der Waals surface area contributed by atoms with E-state index in [2.05, 4.69) is 12.2 Å². The van der Waals surface area contributed by atoms with Crippen molar-refractivity contribution in [2.75, 3.05) is 6.54 Å². The van der Waals surface area contributed by atoms with Gasteiger partial charge in [0.1, 0.15) is 0 Å². The second-order valence-electron chi connectivity index (χ2n) is 6.19. The van der Waals surface area contributed by atoms with Crippen molar-refractivity contribution < 1.29 is 9.59 Å². The van der Waals surface area contributed by atoms with Crippen LogP contribution in [-0.2, 0) is 9.59 Å². The first-order valence-electron chi connectivity index (χ1n) is 7.26. The van der Waals surface area contributed by atoms with Gasteiger partial charge in [0, 0.05) is 30.5 Å². The zero-order valence-electron chi connectivity index (χ0n) is 11.0. The standard InChI is InChI=1S/C14H22N2O2/c1-9-3-2-4-12(15-9)8-16-13(17)10-5-6-11(7-10)14(16)18/h9-12,15H,2-8H2,1H3. The second kappa shape index (κ2) is 4.65. The number of imide groups is 1. The van der Waals surface area contributed by atoms with Gasteiger partial charge in [0.25, 0.3) is 0 Å². The molecule has 1 N–H and O–H groups in total. The number of hydrogen-bond acceptors (Lipinski definition) is 3. The maximum atomic E-state index is 12.2. The molecule has 3 aliphatic rings. The lowest BCUT2D eigenvalue weighted by Crippen LogP contribution is -2.54. The molecule has 18 heavy (non-hydrogen) atoms. The maximum Gasteiger partial charge on any atom is 0.232 e. The van der Waals surface area contributed by atoms with Crippen LogP contribution in [-0.4, -0.2) is 35.3 Å². The van der Waals surface area contributed by atoms with Crippen molar-refractivity contribution in [1.82, 2.24) is 10.2 Å². The van der Waals surface area contributed by atoms with Crippen molar-refractivity contribution in [2.24, 2.45) is 11.8 Å². The van der Waals surface area contributed by atoms with Gasteiger partial charge < -0.3 is 5.32 Å². The van der Waals surface area contributed by atoms with Crippen molar-refractivity contribution in [3.8, 4) is 0 Å². The molecule has 0 radical (unpaired) electrons. The fourth-order valence-electron chi connectivity index (χ4n) is 3.76. The van der Waals surface area contributed by atoms with Gasteiger partial charge in [0.05, 0.1) is 0 Å². The van der Waals surface area contributed by atoms with E-state index in [1.807, 2.05) is 0 Å². The zero-order valence-corrected chi connectivity index (χ0v) is 11.0. The van der Waals surface area contributed by atoms with Gasteiger partial charge in [-0.2, -0.15) is 0 Å². The SMILES string of the molecule is CC1CCCC(CN2C(=O)C3CCC(C3)C2=O)N1. The molecule has 0 aromatic heterocycles. The van der Waals surface area contributed by atoms with E-state index >= 15 is 0 Å². The topological polar surface area (TPSA) is 49.4 Å². The quantitative estimate of drug-likeness (QED) is 0.752. The minimum Gasteiger partial charge on any atom is -0.310 e. The van der Waals surface area contributed by atoms with Gasteiger partial charge in [0.15, 0.2) is 0 Å². The van der Waals surface area contributed by atoms with E-state index in [0.29, 0.717) is 18.6 Å². The van der Waals surface area contributed by atoms with Crippen molar-refractivity contribution in [3.05, 3.63) is 0 Å². The molecule has 4 heteroatoms. The van der Waals surface area contributed by atoms with Gasteiger partial charge in [-0.15, -0.1) is 0 Å². The Morgan fingerprint density at radius 2 is 1.78 bits per heavy atom. The second-order valence-corrected chi connectivity index (χ2v) is 6.19. The van der Waals surface area contributed by atoms with Crippen LogP contribution in [0.25, 0.3) is 0 Å². The Hall–Kier alpha value is -0.900. The van der Waals surface area contributed by atoms with E-state index in [9.17, 15) is 9.59 Å². The monoisotopic (exact) mass is 250 g/mol. The van der Waals surface area contributed by atoms with Crippen LogP contribution in [0.5, 0.6) is 0 Å². The van der Waals surface area contributed by atoms with Crippen molar-refractivity contribution in [1.29, 1.82) is 0 Å². The molecule has 4 unspecified atom stereocenters. The third-order valence-electron chi connectivity index (χ3n) is 4.78. The molecule has 1 saturated carbocycles. The molecule has 2 heterocycles. The van der Waals surface area contributed by atoms with E-state index in [1.165, 1.54) is 12.8 Å². The summed E-state index contributed by atoms with van der Waals surface area (Å²) >= 11 is 0. The number of piperidine rings is 2. The van der Waals surface area contributed by atoms with Crippen LogP contribution in [0.2, 0.25) is 0 Å². The molecule has 0 aromatic rings. The van der Waals surface area contributed by atoms with Crippen molar-refractivity contribution in [2.45, 2.75) is 57.5 Å². The van der Waals surface area contributed by atoms with Crippen LogP contribution in [0.4, 0.5) is 0 Å². The number of rotatable bonds is 2. The van der Waals surface area contributed by atoms with E-state index in [-0.39, 0.29) is 23.7 Å². The predicted octanol–water partition coefficient (Wildman–Crippen LogP) is 1.30. The highest BCUT2D eigenvalue weighted by Gasteiger charge is 2.45. The fraction of sp³-hybridized carbons (Fsp3) is 0.857. The number of fused-ring (bicyclic) bond motifs is 2. The Morgan fingerprint density at radius 1 is 1.11 bits per heavy atom. The molecular weight excluding hydrogens is 228 g/mol. The first-order valence-corrected chi connectivity index (χ1v) is 7.26. The van der Waals surface area contributed by atoms with E-state index in [0.717, 1.165) is 25.7 Å². The summed E-state index contributed by atoms with van der Waals surface area (Å²) in [5, 5.41) is 3.51. The lowest BCUT2D eigenvalue weighted by molar-refractivity contribution is -0.153. The van der Waals surface area contributed by atoms with Crippen LogP contribution >= 0.6 is 0 Å². The highest BCUT2D eigenvalue weighted by Crippen LogP contribution is 2.38. The first kappa shape index (κ1) is 12.2. The van der Waals surface area contributed by atoms with Crippen LogP contribution in [0.1, 0.15) is 45.4 Å². The number of carbonyl (C=O) groups excluding carboxylic acids is 2. The normalized spacial score (nSPS) is 40.4. The van der Waals surface area contributed by atoms with Crippen LogP contribution in [0.15, 0.2) is 0 Å². The number of carbonyl (C=O) groups is 2. The van der Waals surface area contributed by atoms with Gasteiger partial charge in [-0.25, -0.2) is 0 Å². The number of amides is 2. The minimum absolute atomic E-state index is 0.0915. The van der Waals surface area contributed by atoms with Gasteiger partial charge in [-0.3, -0.25) is 14.5 Å². The summed E-state index contributed by atoms with van der Waals surface area (Å²) in [6.45, 7) is 2.77. The molecule has 0 aromatic carbocycles. The van der Waals surface area contributed by atoms with Gasteiger partial charge in [-0.1, -0.05) is 6.42 Å². The third-order valence-corrected chi connectivity index (χ3v) is 4.78. The lowest BCUT2D eigenvalue weighted by atomic mass is 9.94. The lowest BCUT2D eigenvalue weighted by Gasteiger charge is -2.36. The fourth-order valence-corrected chi connectivity index (χ4v) is 3.76. The largest absolute Gasteiger partial charge is 0.310 e. The van der Waals surface area contributed by atoms with Crippen LogP contribution in [0, 0.1) is 11.8 Å². The molecule has 100 valence electrons. The summed E-state index contributed by atoms with van der Waals surface area (Å²) in [6.07, 6.45) is 6.12. The number of hydrogen-bond donors (Lipinski definition) is 1. The molecule has 2 aliphatic heterocycles. The average Bonchev–Trinajstić information content (AvgIpc) is 2.79. The summed E-state index contributed by atoms with van der Waals surface area (Å²) in [5.74, 6) is 0.449. The molecular formula is C14H22N2O2. The smallest absolute Gasteiger partial charge is 0.232 e. The molecule has 2 saturated heterocycles. The van der Waals surface area contributed by atoms with E-state index in [1.54, 1.807) is 4.90 Å². The summed E-state index contributed by atoms with van der Waals surface area (Å²) in [7, 11) is 0.